The summed E-state index contributed by atoms with van der Waals surface area (Å²) in [5, 5.41) is 2.74. The first-order valence-corrected chi connectivity index (χ1v) is 9.69. The van der Waals surface area contributed by atoms with E-state index in [1.165, 1.54) is 6.07 Å². The Kier molecular flexibility index (Phi) is 6.91. The van der Waals surface area contributed by atoms with E-state index in [-0.39, 0.29) is 18.4 Å². The lowest BCUT2D eigenvalue weighted by Crippen LogP contribution is -2.47. The molecule has 1 unspecified atom stereocenters. The molecule has 0 aliphatic heterocycles. The third-order valence-electron chi connectivity index (χ3n) is 4.00. The zero-order chi connectivity index (χ0) is 20.6. The average Bonchev–Trinajstić information content (AvgIpc) is 3.20. The number of carbonyl (C=O) groups excluding carboxylic acids is 2. The number of hydrogen-bond donors (Lipinski definition) is 3. The van der Waals surface area contributed by atoms with E-state index < -0.39 is 11.9 Å². The van der Waals surface area contributed by atoms with Crippen LogP contribution in [0.4, 0.5) is 4.79 Å². The number of ether oxygens (including phenoxy) is 1. The van der Waals surface area contributed by atoms with E-state index in [4.69, 9.17) is 9.15 Å². The number of urea groups is 1. The lowest BCUT2D eigenvalue weighted by Gasteiger charge is -2.15. The highest BCUT2D eigenvalue weighted by molar-refractivity contribution is 9.10. The Hall–Kier alpha value is -3.26. The van der Waals surface area contributed by atoms with Crippen LogP contribution in [-0.2, 0) is 6.61 Å². The molecule has 3 N–H and O–H groups in total. The van der Waals surface area contributed by atoms with Gasteiger partial charge < -0.3 is 14.5 Å². The maximum absolute atomic E-state index is 12.1. The highest BCUT2D eigenvalue weighted by atomic mass is 79.9. The van der Waals surface area contributed by atoms with Gasteiger partial charge in [0.15, 0.2) is 5.76 Å². The molecule has 3 aromatic rings. The van der Waals surface area contributed by atoms with Gasteiger partial charge in [-0.3, -0.25) is 10.2 Å². The van der Waals surface area contributed by atoms with Gasteiger partial charge >= 0.3 is 11.9 Å². The monoisotopic (exact) mass is 457 g/mol. The smallest absolute Gasteiger partial charge is 0.333 e. The molecule has 1 atom stereocenters. The van der Waals surface area contributed by atoms with Crippen LogP contribution in [0.5, 0.6) is 5.75 Å². The summed E-state index contributed by atoms with van der Waals surface area (Å²) in [6, 6.07) is 19.3. The summed E-state index contributed by atoms with van der Waals surface area (Å²) in [5.74, 6) is 0.692. The number of benzene rings is 2. The van der Waals surface area contributed by atoms with E-state index >= 15 is 0 Å². The topological polar surface area (TPSA) is 92.6 Å². The molecule has 7 nitrogen and oxygen atoms in total. The second kappa shape index (κ2) is 9.79. The number of rotatable bonds is 6. The number of furan rings is 1. The van der Waals surface area contributed by atoms with Crippen LogP contribution in [0.3, 0.4) is 0 Å². The molecule has 3 amide bonds. The van der Waals surface area contributed by atoms with Crippen molar-refractivity contribution < 1.29 is 18.7 Å². The van der Waals surface area contributed by atoms with Crippen LogP contribution in [0.1, 0.15) is 34.8 Å². The SMILES string of the molecule is CC(NC(=O)NNC(=O)c1ccc(COc2ccccc2)o1)c1cccc(Br)c1. The van der Waals surface area contributed by atoms with Crippen LogP contribution in [0.15, 0.2) is 75.6 Å². The number of hydrazine groups is 1. The fraction of sp³-hybridized carbons (Fsp3) is 0.143. The normalized spacial score (nSPS) is 11.4. The number of carbonyl (C=O) groups is 2. The van der Waals surface area contributed by atoms with E-state index in [1.54, 1.807) is 6.07 Å². The van der Waals surface area contributed by atoms with Gasteiger partial charge in [0, 0.05) is 4.47 Å². The van der Waals surface area contributed by atoms with E-state index in [2.05, 4.69) is 32.1 Å². The summed E-state index contributed by atoms with van der Waals surface area (Å²) in [6.45, 7) is 2.03. The Morgan fingerprint density at radius 3 is 2.59 bits per heavy atom. The quantitative estimate of drug-likeness (QED) is 0.480. The molecule has 8 heteroatoms. The molecule has 0 saturated carbocycles. The predicted octanol–water partition coefficient (Wildman–Crippen LogP) is 4.33. The zero-order valence-corrected chi connectivity index (χ0v) is 17.2. The first kappa shape index (κ1) is 20.5. The molecule has 0 bridgehead atoms. The van der Waals surface area contributed by atoms with Crippen LogP contribution in [0, 0.1) is 0 Å². The fourth-order valence-corrected chi connectivity index (χ4v) is 2.93. The van der Waals surface area contributed by atoms with Crippen LogP contribution < -0.4 is 20.9 Å². The lowest BCUT2D eigenvalue weighted by molar-refractivity contribution is 0.0904. The number of amides is 3. The van der Waals surface area contributed by atoms with E-state index in [0.717, 1.165) is 10.0 Å². The molecule has 1 aromatic heterocycles. The van der Waals surface area contributed by atoms with Gasteiger partial charge in [0.2, 0.25) is 0 Å². The third-order valence-corrected chi connectivity index (χ3v) is 4.49. The lowest BCUT2D eigenvalue weighted by atomic mass is 10.1. The molecule has 3 rings (SSSR count). The standard InChI is InChI=1S/C21H20BrN3O4/c1-14(15-6-5-7-16(22)12-15)23-21(27)25-24-20(26)19-11-10-18(29-19)13-28-17-8-3-2-4-9-17/h2-12,14H,13H2,1H3,(H,24,26)(H2,23,25,27). The van der Waals surface area contributed by atoms with Crippen molar-refractivity contribution in [2.24, 2.45) is 0 Å². The molecule has 29 heavy (non-hydrogen) atoms. The van der Waals surface area contributed by atoms with Crippen molar-refractivity contribution in [3.8, 4) is 5.75 Å². The van der Waals surface area contributed by atoms with Crippen LogP contribution in [0.2, 0.25) is 0 Å². The molecule has 0 fully saturated rings. The van der Waals surface area contributed by atoms with Crippen molar-refractivity contribution in [1.29, 1.82) is 0 Å². The second-order valence-electron chi connectivity index (χ2n) is 6.20. The van der Waals surface area contributed by atoms with Gasteiger partial charge in [0.05, 0.1) is 6.04 Å². The summed E-state index contributed by atoms with van der Waals surface area (Å²) in [4.78, 5) is 24.2. The Morgan fingerprint density at radius 1 is 1.03 bits per heavy atom. The van der Waals surface area contributed by atoms with Crippen molar-refractivity contribution in [1.82, 2.24) is 16.2 Å². The Labute approximate surface area is 176 Å². The van der Waals surface area contributed by atoms with Crippen molar-refractivity contribution in [3.63, 3.8) is 0 Å². The molecule has 0 aliphatic rings. The van der Waals surface area contributed by atoms with Gasteiger partial charge in [-0.15, -0.1) is 0 Å². The molecule has 0 spiro atoms. The Morgan fingerprint density at radius 2 is 1.83 bits per heavy atom. The van der Waals surface area contributed by atoms with Crippen molar-refractivity contribution in [2.75, 3.05) is 0 Å². The molecular formula is C21H20BrN3O4. The van der Waals surface area contributed by atoms with Crippen molar-refractivity contribution in [3.05, 3.63) is 88.3 Å². The Bertz CT molecular complexity index is 975. The van der Waals surface area contributed by atoms with Crippen LogP contribution in [-0.4, -0.2) is 11.9 Å². The molecule has 1 heterocycles. The number of hydrogen-bond acceptors (Lipinski definition) is 4. The summed E-state index contributed by atoms with van der Waals surface area (Å²) in [6.07, 6.45) is 0. The summed E-state index contributed by atoms with van der Waals surface area (Å²) in [7, 11) is 0. The number of para-hydroxylation sites is 1. The highest BCUT2D eigenvalue weighted by Crippen LogP contribution is 2.17. The third kappa shape index (κ3) is 6.11. The second-order valence-corrected chi connectivity index (χ2v) is 7.11. The van der Waals surface area contributed by atoms with Gasteiger partial charge in [0.1, 0.15) is 18.1 Å². The van der Waals surface area contributed by atoms with Gasteiger partial charge in [-0.2, -0.15) is 0 Å². The Balaban J connectivity index is 1.45. The number of nitrogens with one attached hydrogen (secondary N) is 3. The molecule has 2 aromatic carbocycles. The first-order valence-electron chi connectivity index (χ1n) is 8.90. The van der Waals surface area contributed by atoms with Gasteiger partial charge in [-0.1, -0.05) is 46.3 Å². The van der Waals surface area contributed by atoms with E-state index in [9.17, 15) is 9.59 Å². The minimum absolute atomic E-state index is 0.0667. The summed E-state index contributed by atoms with van der Waals surface area (Å²) >= 11 is 3.39. The van der Waals surface area contributed by atoms with Gasteiger partial charge in [-0.05, 0) is 48.9 Å². The molecule has 0 aliphatic carbocycles. The predicted molar refractivity (Wildman–Crippen MR) is 111 cm³/mol. The van der Waals surface area contributed by atoms with Gasteiger partial charge in [-0.25, -0.2) is 10.2 Å². The van der Waals surface area contributed by atoms with Crippen LogP contribution >= 0.6 is 15.9 Å². The maximum atomic E-state index is 12.1. The first-order chi connectivity index (χ1) is 14.0. The molecule has 0 radical (unpaired) electrons. The maximum Gasteiger partial charge on any atom is 0.333 e. The zero-order valence-electron chi connectivity index (χ0n) is 15.6. The molecule has 150 valence electrons. The fourth-order valence-electron chi connectivity index (χ4n) is 2.52. The van der Waals surface area contributed by atoms with Crippen LogP contribution in [0.25, 0.3) is 0 Å². The van der Waals surface area contributed by atoms with Gasteiger partial charge in [0.25, 0.3) is 0 Å². The minimum atomic E-state index is -0.568. The largest absolute Gasteiger partial charge is 0.486 e. The molecule has 0 saturated heterocycles. The number of halogens is 1. The summed E-state index contributed by atoms with van der Waals surface area (Å²) in [5.41, 5.74) is 5.55. The summed E-state index contributed by atoms with van der Waals surface area (Å²) < 4.78 is 11.9. The highest BCUT2D eigenvalue weighted by Gasteiger charge is 2.14. The minimum Gasteiger partial charge on any atom is -0.486 e. The van der Waals surface area contributed by atoms with E-state index in [1.807, 2.05) is 61.5 Å². The van der Waals surface area contributed by atoms with Crippen molar-refractivity contribution >= 4 is 27.9 Å². The van der Waals surface area contributed by atoms with Crippen molar-refractivity contribution in [2.45, 2.75) is 19.6 Å². The molecular weight excluding hydrogens is 438 g/mol. The van der Waals surface area contributed by atoms with E-state index in [0.29, 0.717) is 11.5 Å². The average molecular weight is 458 g/mol.